The third-order valence-corrected chi connectivity index (χ3v) is 5.07. The third kappa shape index (κ3) is 3.47. The van der Waals surface area contributed by atoms with Gasteiger partial charge in [0.05, 0.1) is 22.8 Å². The quantitative estimate of drug-likeness (QED) is 0.756. The lowest BCUT2D eigenvalue weighted by Crippen LogP contribution is -2.23. The number of nitrogens with zero attached hydrogens (tertiary/aromatic N) is 5. The Bertz CT molecular complexity index is 982. The van der Waals surface area contributed by atoms with Crippen LogP contribution in [-0.4, -0.2) is 38.7 Å². The van der Waals surface area contributed by atoms with E-state index in [9.17, 15) is 4.79 Å². The molecule has 3 aromatic rings. The van der Waals surface area contributed by atoms with Crippen LogP contribution in [0.15, 0.2) is 36.4 Å². The first-order chi connectivity index (χ1) is 13.5. The number of rotatable bonds is 4. The number of nitrogens with one attached hydrogen (secondary N) is 1. The van der Waals surface area contributed by atoms with Crippen LogP contribution in [0.2, 0.25) is 0 Å². The van der Waals surface area contributed by atoms with E-state index in [0.29, 0.717) is 11.4 Å². The predicted octanol–water partition coefficient (Wildman–Crippen LogP) is 3.35. The van der Waals surface area contributed by atoms with Crippen LogP contribution in [0.3, 0.4) is 0 Å². The highest BCUT2D eigenvalue weighted by molar-refractivity contribution is 6.04. The molecule has 7 nitrogen and oxygen atoms in total. The van der Waals surface area contributed by atoms with E-state index >= 15 is 0 Å². The maximum Gasteiger partial charge on any atom is 0.274 e. The Kier molecular flexibility index (Phi) is 4.81. The van der Waals surface area contributed by atoms with Crippen LogP contribution in [0, 0.1) is 13.8 Å². The van der Waals surface area contributed by atoms with Crippen LogP contribution < -0.4 is 10.2 Å². The van der Waals surface area contributed by atoms with E-state index in [1.54, 1.807) is 17.8 Å². The molecule has 0 aliphatic carbocycles. The molecular weight excluding hydrogens is 352 g/mol. The minimum absolute atomic E-state index is 0.221. The van der Waals surface area contributed by atoms with Gasteiger partial charge in [0.2, 0.25) is 5.95 Å². The van der Waals surface area contributed by atoms with Crippen LogP contribution in [0.4, 0.5) is 11.6 Å². The highest BCUT2D eigenvalue weighted by Crippen LogP contribution is 2.24. The van der Waals surface area contributed by atoms with Gasteiger partial charge >= 0.3 is 0 Å². The van der Waals surface area contributed by atoms with Gasteiger partial charge in [0.1, 0.15) is 5.69 Å². The maximum absolute atomic E-state index is 12.9. The normalized spacial score (nSPS) is 13.8. The minimum atomic E-state index is -0.221. The average Bonchev–Trinajstić information content (AvgIpc) is 3.35. The number of aromatic nitrogens is 4. The molecule has 1 saturated heterocycles. The molecule has 0 unspecified atom stereocenters. The first-order valence-corrected chi connectivity index (χ1v) is 9.54. The van der Waals surface area contributed by atoms with Gasteiger partial charge in [0.25, 0.3) is 5.91 Å². The number of aryl methyl sites for hydroxylation is 3. The van der Waals surface area contributed by atoms with E-state index in [0.717, 1.165) is 41.7 Å². The van der Waals surface area contributed by atoms with Gasteiger partial charge in [-0.2, -0.15) is 5.10 Å². The summed E-state index contributed by atoms with van der Waals surface area (Å²) in [4.78, 5) is 24.3. The van der Waals surface area contributed by atoms with Crippen molar-refractivity contribution in [3.05, 3.63) is 53.5 Å². The Morgan fingerprint density at radius 1 is 1.04 bits per heavy atom. The Labute approximate surface area is 164 Å². The van der Waals surface area contributed by atoms with Crippen LogP contribution in [0.5, 0.6) is 0 Å². The Morgan fingerprint density at radius 2 is 1.68 bits per heavy atom. The van der Waals surface area contributed by atoms with E-state index in [4.69, 9.17) is 0 Å². The summed E-state index contributed by atoms with van der Waals surface area (Å²) >= 11 is 0. The predicted molar refractivity (Wildman–Crippen MR) is 110 cm³/mol. The second-order valence-corrected chi connectivity index (χ2v) is 7.12. The Hall–Kier alpha value is -3.22. The highest BCUT2D eigenvalue weighted by atomic mass is 16.2. The first kappa shape index (κ1) is 18.2. The van der Waals surface area contributed by atoms with Gasteiger partial charge in [-0.05, 0) is 32.8 Å². The molecule has 1 aliphatic rings. The van der Waals surface area contributed by atoms with E-state index in [1.165, 1.54) is 12.8 Å². The van der Waals surface area contributed by atoms with Crippen molar-refractivity contribution in [1.29, 1.82) is 0 Å². The zero-order valence-electron chi connectivity index (χ0n) is 16.4. The number of carbonyl (C=O) groups excluding carboxylic acids is 1. The second-order valence-electron chi connectivity index (χ2n) is 7.12. The zero-order valence-corrected chi connectivity index (χ0v) is 16.4. The molecule has 144 valence electrons. The summed E-state index contributed by atoms with van der Waals surface area (Å²) in [6, 6.07) is 11.6. The van der Waals surface area contributed by atoms with Crippen molar-refractivity contribution < 1.29 is 4.79 Å². The molecule has 4 rings (SSSR count). The molecule has 7 heteroatoms. The van der Waals surface area contributed by atoms with Crippen molar-refractivity contribution in [2.45, 2.75) is 26.7 Å². The maximum atomic E-state index is 12.9. The standard InChI is InChI=1S/C21H24N6O/c1-14-19(15(2)23-21(22-14)27-11-7-8-12-27)24-20(28)18-13-17(25-26(18)3)16-9-5-4-6-10-16/h4-6,9-10,13H,7-8,11-12H2,1-3H3,(H,24,28). The number of carbonyl (C=O) groups is 1. The van der Waals surface area contributed by atoms with Gasteiger partial charge in [0, 0.05) is 25.7 Å². The summed E-state index contributed by atoms with van der Waals surface area (Å²) < 4.78 is 1.60. The monoisotopic (exact) mass is 376 g/mol. The Morgan fingerprint density at radius 3 is 2.32 bits per heavy atom. The smallest absolute Gasteiger partial charge is 0.274 e. The molecule has 0 saturated carbocycles. The molecule has 2 aromatic heterocycles. The van der Waals surface area contributed by atoms with Gasteiger partial charge < -0.3 is 10.2 Å². The largest absolute Gasteiger partial charge is 0.341 e. The lowest BCUT2D eigenvalue weighted by Gasteiger charge is -2.18. The van der Waals surface area contributed by atoms with Gasteiger partial charge in [-0.25, -0.2) is 9.97 Å². The lowest BCUT2D eigenvalue weighted by molar-refractivity contribution is 0.101. The van der Waals surface area contributed by atoms with E-state index in [1.807, 2.05) is 44.2 Å². The minimum Gasteiger partial charge on any atom is -0.341 e. The summed E-state index contributed by atoms with van der Waals surface area (Å²) in [5, 5.41) is 7.45. The first-order valence-electron chi connectivity index (χ1n) is 9.54. The fraction of sp³-hybridized carbons (Fsp3) is 0.333. The lowest BCUT2D eigenvalue weighted by atomic mass is 10.1. The van der Waals surface area contributed by atoms with Crippen molar-refractivity contribution in [2.75, 3.05) is 23.3 Å². The summed E-state index contributed by atoms with van der Waals surface area (Å²) in [6.45, 7) is 5.79. The zero-order chi connectivity index (χ0) is 19.7. The van der Waals surface area contributed by atoms with Crippen molar-refractivity contribution in [3.63, 3.8) is 0 Å². The molecule has 0 atom stereocenters. The number of amides is 1. The third-order valence-electron chi connectivity index (χ3n) is 5.07. The average molecular weight is 376 g/mol. The highest BCUT2D eigenvalue weighted by Gasteiger charge is 2.20. The van der Waals surface area contributed by atoms with E-state index in [-0.39, 0.29) is 5.91 Å². The fourth-order valence-corrected chi connectivity index (χ4v) is 3.55. The molecule has 28 heavy (non-hydrogen) atoms. The molecule has 1 N–H and O–H groups in total. The summed E-state index contributed by atoms with van der Waals surface area (Å²) in [5.74, 6) is 0.526. The molecule has 1 fully saturated rings. The van der Waals surface area contributed by atoms with Crippen molar-refractivity contribution >= 4 is 17.5 Å². The molecule has 0 spiro atoms. The second kappa shape index (κ2) is 7.42. The molecule has 3 heterocycles. The number of anilines is 2. The van der Waals surface area contributed by atoms with Gasteiger partial charge in [-0.3, -0.25) is 9.48 Å². The van der Waals surface area contributed by atoms with E-state index < -0.39 is 0 Å². The summed E-state index contributed by atoms with van der Waals surface area (Å²) in [7, 11) is 1.77. The molecular formula is C21H24N6O. The van der Waals surface area contributed by atoms with Crippen LogP contribution in [0.1, 0.15) is 34.7 Å². The topological polar surface area (TPSA) is 75.9 Å². The van der Waals surface area contributed by atoms with Crippen molar-refractivity contribution in [3.8, 4) is 11.3 Å². The van der Waals surface area contributed by atoms with Gasteiger partial charge in [-0.15, -0.1) is 0 Å². The van der Waals surface area contributed by atoms with E-state index in [2.05, 4.69) is 25.3 Å². The Balaban J connectivity index is 1.58. The summed E-state index contributed by atoms with van der Waals surface area (Å²) in [6.07, 6.45) is 2.34. The molecule has 0 radical (unpaired) electrons. The number of hydrogen-bond acceptors (Lipinski definition) is 5. The van der Waals surface area contributed by atoms with Crippen LogP contribution in [0.25, 0.3) is 11.3 Å². The van der Waals surface area contributed by atoms with Gasteiger partial charge in [-0.1, -0.05) is 30.3 Å². The number of hydrogen-bond donors (Lipinski definition) is 1. The molecule has 0 bridgehead atoms. The number of benzene rings is 1. The summed E-state index contributed by atoms with van der Waals surface area (Å²) in [5.41, 5.74) is 4.43. The molecule has 1 amide bonds. The molecule has 1 aromatic carbocycles. The fourth-order valence-electron chi connectivity index (χ4n) is 3.55. The van der Waals surface area contributed by atoms with Crippen LogP contribution in [-0.2, 0) is 7.05 Å². The molecule has 1 aliphatic heterocycles. The van der Waals surface area contributed by atoms with Gasteiger partial charge in [0.15, 0.2) is 0 Å². The van der Waals surface area contributed by atoms with Crippen molar-refractivity contribution in [2.24, 2.45) is 7.05 Å². The SMILES string of the molecule is Cc1nc(N2CCCC2)nc(C)c1NC(=O)c1cc(-c2ccccc2)nn1C. The van der Waals surface area contributed by atoms with Crippen LogP contribution >= 0.6 is 0 Å². The van der Waals surface area contributed by atoms with Crippen molar-refractivity contribution in [1.82, 2.24) is 19.7 Å².